The maximum absolute atomic E-state index is 8.81. The van der Waals surface area contributed by atoms with Crippen molar-refractivity contribution in [3.63, 3.8) is 0 Å². The first-order chi connectivity index (χ1) is 21.1. The predicted octanol–water partition coefficient (Wildman–Crippen LogP) is 11.1. The Morgan fingerprint density at radius 3 is 0.814 bits per heavy atom. The molecule has 0 aliphatic rings. The van der Waals surface area contributed by atoms with Gasteiger partial charge in [-0.2, -0.15) is 0 Å². The zero-order chi connectivity index (χ0) is 30.3. The second-order valence-corrected chi connectivity index (χ2v) is 9.82. The van der Waals surface area contributed by atoms with Crippen LogP contribution in [0.3, 0.4) is 0 Å². The Kier molecular flexibility index (Phi) is 11.5. The summed E-state index contributed by atoms with van der Waals surface area (Å²) in [6, 6.07) is 58.8. The van der Waals surface area contributed by atoms with Gasteiger partial charge in [-0.25, -0.2) is 0 Å². The van der Waals surface area contributed by atoms with Crippen molar-refractivity contribution < 1.29 is 4.79 Å². The number of anilines is 6. The van der Waals surface area contributed by atoms with E-state index in [1.165, 1.54) is 52.2 Å². The second-order valence-electron chi connectivity index (χ2n) is 9.82. The van der Waals surface area contributed by atoms with E-state index in [9.17, 15) is 0 Å². The molecule has 0 radical (unpaired) electrons. The van der Waals surface area contributed by atoms with Gasteiger partial charge in [-0.05, 0) is 92.6 Å². The summed E-state index contributed by atoms with van der Waals surface area (Å²) in [5.74, 6) is 0. The molecule has 0 saturated carbocycles. The standard InChI is InChI=1S/2C19H17N.C2H4O/c2*1-16-10-8-9-15-19(16)20(17-11-4-2-5-12-17)18-13-6-3-7-14-18;1-2-3/h2*2-15H,1H3;2H,1H3. The number of aldehydes is 1. The van der Waals surface area contributed by atoms with Crippen LogP contribution >= 0.6 is 0 Å². The maximum Gasteiger partial charge on any atom is 0.116 e. The Labute approximate surface area is 256 Å². The molecule has 0 bridgehead atoms. The van der Waals surface area contributed by atoms with Gasteiger partial charge in [-0.15, -0.1) is 0 Å². The van der Waals surface area contributed by atoms with E-state index in [1.54, 1.807) is 0 Å². The molecule has 3 nitrogen and oxygen atoms in total. The largest absolute Gasteiger partial charge is 0.310 e. The van der Waals surface area contributed by atoms with Crippen LogP contribution in [0.15, 0.2) is 170 Å². The molecule has 3 heteroatoms. The maximum atomic E-state index is 8.81. The molecule has 0 aliphatic heterocycles. The summed E-state index contributed by atoms with van der Waals surface area (Å²) in [4.78, 5) is 13.4. The minimum atomic E-state index is 0.750. The lowest BCUT2D eigenvalue weighted by Crippen LogP contribution is -2.10. The summed E-state index contributed by atoms with van der Waals surface area (Å²) in [7, 11) is 0. The molecule has 43 heavy (non-hydrogen) atoms. The van der Waals surface area contributed by atoms with E-state index in [-0.39, 0.29) is 0 Å². The first-order valence-electron chi connectivity index (χ1n) is 14.5. The molecule has 0 unspecified atom stereocenters. The lowest BCUT2D eigenvalue weighted by Gasteiger charge is -2.26. The average Bonchev–Trinajstić information content (AvgIpc) is 3.06. The van der Waals surface area contributed by atoms with Crippen LogP contribution in [0.1, 0.15) is 18.1 Å². The summed E-state index contributed by atoms with van der Waals surface area (Å²) >= 11 is 0. The van der Waals surface area contributed by atoms with Crippen LogP contribution in [0, 0.1) is 13.8 Å². The quantitative estimate of drug-likeness (QED) is 0.189. The Bertz CT molecular complexity index is 1450. The molecule has 214 valence electrons. The highest BCUT2D eigenvalue weighted by molar-refractivity contribution is 5.79. The molecule has 0 atom stereocenters. The number of benzene rings is 6. The monoisotopic (exact) mass is 562 g/mol. The fourth-order valence-corrected chi connectivity index (χ4v) is 4.79. The van der Waals surface area contributed by atoms with Gasteiger partial charge in [0.25, 0.3) is 0 Å². The van der Waals surface area contributed by atoms with Gasteiger partial charge in [-0.3, -0.25) is 0 Å². The minimum absolute atomic E-state index is 0.750. The number of carbonyl (C=O) groups is 1. The number of aryl methyl sites for hydroxylation is 2. The van der Waals surface area contributed by atoms with E-state index < -0.39 is 0 Å². The Balaban J connectivity index is 0.000000181. The molecule has 0 aromatic heterocycles. The van der Waals surface area contributed by atoms with Crippen molar-refractivity contribution in [3.8, 4) is 0 Å². The van der Waals surface area contributed by atoms with Crippen LogP contribution in [0.4, 0.5) is 34.1 Å². The first-order valence-corrected chi connectivity index (χ1v) is 14.5. The highest BCUT2D eigenvalue weighted by atomic mass is 16.1. The molecular weight excluding hydrogens is 524 g/mol. The molecule has 0 heterocycles. The summed E-state index contributed by atoms with van der Waals surface area (Å²) in [5.41, 5.74) is 9.65. The predicted molar refractivity (Wildman–Crippen MR) is 183 cm³/mol. The smallest absolute Gasteiger partial charge is 0.116 e. The van der Waals surface area contributed by atoms with Crippen molar-refractivity contribution in [1.29, 1.82) is 0 Å². The number of rotatable bonds is 6. The van der Waals surface area contributed by atoms with Crippen LogP contribution in [-0.4, -0.2) is 6.29 Å². The molecule has 6 aromatic carbocycles. The van der Waals surface area contributed by atoms with Crippen LogP contribution in [0.25, 0.3) is 0 Å². The number of para-hydroxylation sites is 6. The lowest BCUT2D eigenvalue weighted by atomic mass is 10.1. The summed E-state index contributed by atoms with van der Waals surface area (Å²) in [5, 5.41) is 0. The fraction of sp³-hybridized carbons (Fsp3) is 0.0750. The van der Waals surface area contributed by atoms with Crippen LogP contribution in [-0.2, 0) is 4.79 Å². The normalized spacial score (nSPS) is 9.84. The van der Waals surface area contributed by atoms with Gasteiger partial charge in [-0.1, -0.05) is 109 Å². The van der Waals surface area contributed by atoms with Gasteiger partial charge in [0.15, 0.2) is 0 Å². The number of nitrogens with zero attached hydrogens (tertiary/aromatic N) is 2. The van der Waals surface area contributed by atoms with Crippen LogP contribution < -0.4 is 9.80 Å². The Morgan fingerprint density at radius 2 is 0.581 bits per heavy atom. The molecule has 6 aromatic rings. The third-order valence-corrected chi connectivity index (χ3v) is 6.77. The Hall–Kier alpha value is -5.41. The van der Waals surface area contributed by atoms with Gasteiger partial charge >= 0.3 is 0 Å². The van der Waals surface area contributed by atoms with Crippen molar-refractivity contribution >= 4 is 40.4 Å². The first kappa shape index (κ1) is 30.5. The van der Waals surface area contributed by atoms with E-state index in [0.29, 0.717) is 0 Å². The van der Waals surface area contributed by atoms with Crippen molar-refractivity contribution in [1.82, 2.24) is 0 Å². The molecule has 0 N–H and O–H groups in total. The summed E-state index contributed by atoms with van der Waals surface area (Å²) in [6.45, 7) is 5.74. The lowest BCUT2D eigenvalue weighted by molar-refractivity contribution is -0.106. The van der Waals surface area contributed by atoms with Crippen molar-refractivity contribution in [2.45, 2.75) is 20.8 Å². The Morgan fingerprint density at radius 1 is 0.372 bits per heavy atom. The van der Waals surface area contributed by atoms with Crippen molar-refractivity contribution in [2.24, 2.45) is 0 Å². The zero-order valence-corrected chi connectivity index (χ0v) is 25.0. The van der Waals surface area contributed by atoms with Crippen LogP contribution in [0.5, 0.6) is 0 Å². The molecule has 0 amide bonds. The molecule has 6 rings (SSSR count). The zero-order valence-electron chi connectivity index (χ0n) is 25.0. The highest BCUT2D eigenvalue weighted by Crippen LogP contribution is 2.37. The average molecular weight is 563 g/mol. The van der Waals surface area contributed by atoms with Crippen molar-refractivity contribution in [3.05, 3.63) is 181 Å². The topological polar surface area (TPSA) is 23.6 Å². The van der Waals surface area contributed by atoms with Gasteiger partial charge < -0.3 is 14.6 Å². The minimum Gasteiger partial charge on any atom is -0.310 e. The molecule has 0 fully saturated rings. The third kappa shape index (κ3) is 8.31. The summed E-state index contributed by atoms with van der Waals surface area (Å²) in [6.07, 6.45) is 0.750. The van der Waals surface area contributed by atoms with Gasteiger partial charge in [0, 0.05) is 34.1 Å². The van der Waals surface area contributed by atoms with Gasteiger partial charge in [0.2, 0.25) is 0 Å². The fourth-order valence-electron chi connectivity index (χ4n) is 4.79. The third-order valence-electron chi connectivity index (χ3n) is 6.77. The van der Waals surface area contributed by atoms with Gasteiger partial charge in [0.1, 0.15) is 6.29 Å². The molecule has 0 aliphatic carbocycles. The number of hydrogen-bond donors (Lipinski definition) is 0. The van der Waals surface area contributed by atoms with E-state index >= 15 is 0 Å². The summed E-state index contributed by atoms with van der Waals surface area (Å²) < 4.78 is 0. The van der Waals surface area contributed by atoms with Crippen molar-refractivity contribution in [2.75, 3.05) is 9.80 Å². The van der Waals surface area contributed by atoms with E-state index in [1.807, 2.05) is 24.3 Å². The molecular formula is C40H38N2O. The number of carbonyl (C=O) groups excluding carboxylic acids is 1. The highest BCUT2D eigenvalue weighted by Gasteiger charge is 2.14. The van der Waals surface area contributed by atoms with E-state index in [0.717, 1.165) is 6.29 Å². The van der Waals surface area contributed by atoms with Gasteiger partial charge in [0.05, 0.1) is 0 Å². The van der Waals surface area contributed by atoms with E-state index in [2.05, 4.69) is 169 Å². The van der Waals surface area contributed by atoms with Crippen LogP contribution in [0.2, 0.25) is 0 Å². The van der Waals surface area contributed by atoms with E-state index in [4.69, 9.17) is 4.79 Å². The SMILES string of the molecule is CC=O.Cc1ccccc1N(c1ccccc1)c1ccccc1.Cc1ccccc1N(c1ccccc1)c1ccccc1. The molecule has 0 spiro atoms. The molecule has 0 saturated heterocycles. The number of hydrogen-bond acceptors (Lipinski definition) is 3. The second kappa shape index (κ2) is 16.1.